The smallest absolute Gasteiger partial charge is 0.297 e. The Hall–Kier alpha value is -3.72. The Balaban J connectivity index is 1.81. The van der Waals surface area contributed by atoms with Crippen molar-refractivity contribution in [3.8, 4) is 11.5 Å². The summed E-state index contributed by atoms with van der Waals surface area (Å²) in [7, 11) is 3.08. The zero-order valence-electron chi connectivity index (χ0n) is 16.9. The van der Waals surface area contributed by atoms with Crippen LogP contribution in [0.5, 0.6) is 11.5 Å². The summed E-state index contributed by atoms with van der Waals surface area (Å²) in [6.45, 7) is 1.80. The second kappa shape index (κ2) is 7.21. The molecule has 0 fully saturated rings. The lowest BCUT2D eigenvalue weighted by Crippen LogP contribution is -2.29. The van der Waals surface area contributed by atoms with E-state index in [1.807, 2.05) is 0 Å². The summed E-state index contributed by atoms with van der Waals surface area (Å²) >= 11 is 1.27. The number of aromatic nitrogens is 2. The zero-order chi connectivity index (χ0) is 21.7. The van der Waals surface area contributed by atoms with E-state index in [1.165, 1.54) is 23.3 Å². The molecule has 1 atom stereocenters. The summed E-state index contributed by atoms with van der Waals surface area (Å²) in [5.74, 6) is 0.601. The quantitative estimate of drug-likeness (QED) is 0.482. The van der Waals surface area contributed by atoms with Gasteiger partial charge in [-0.1, -0.05) is 29.5 Å². The van der Waals surface area contributed by atoms with Crippen LogP contribution in [0, 0.1) is 6.92 Å². The van der Waals surface area contributed by atoms with Gasteiger partial charge in [-0.15, -0.1) is 10.2 Å². The Morgan fingerprint density at radius 1 is 1.03 bits per heavy atom. The highest BCUT2D eigenvalue weighted by molar-refractivity contribution is 7.15. The van der Waals surface area contributed by atoms with E-state index >= 15 is 0 Å². The number of rotatable bonds is 4. The second-order valence-corrected chi connectivity index (χ2v) is 8.13. The molecule has 0 radical (unpaired) electrons. The second-order valence-electron chi connectivity index (χ2n) is 6.97. The average molecular weight is 435 g/mol. The number of aryl methyl sites for hydroxylation is 1. The SMILES string of the molecule is COc1ccc([C@@H]2c3c(oc4ccccc4c3=O)C(=O)N2c2nnc(C)s2)cc1OC. The number of amides is 1. The highest BCUT2D eigenvalue weighted by Crippen LogP contribution is 2.43. The van der Waals surface area contributed by atoms with Gasteiger partial charge >= 0.3 is 0 Å². The number of benzene rings is 2. The van der Waals surface area contributed by atoms with Gasteiger partial charge < -0.3 is 13.9 Å². The first-order chi connectivity index (χ1) is 15.0. The molecule has 1 aliphatic heterocycles. The molecule has 9 heteroatoms. The molecule has 2 aromatic carbocycles. The number of para-hydroxylation sites is 1. The molecule has 1 amide bonds. The van der Waals surface area contributed by atoms with Crippen LogP contribution in [0.3, 0.4) is 0 Å². The minimum atomic E-state index is -0.740. The maximum atomic E-state index is 13.5. The fraction of sp³-hybridized carbons (Fsp3) is 0.182. The van der Waals surface area contributed by atoms with Crippen LogP contribution in [0.25, 0.3) is 11.0 Å². The highest BCUT2D eigenvalue weighted by atomic mass is 32.1. The lowest BCUT2D eigenvalue weighted by molar-refractivity contribution is 0.0970. The number of methoxy groups -OCH3 is 2. The Kier molecular flexibility index (Phi) is 4.48. The van der Waals surface area contributed by atoms with Crippen molar-refractivity contribution in [2.45, 2.75) is 13.0 Å². The Morgan fingerprint density at radius 3 is 2.52 bits per heavy atom. The van der Waals surface area contributed by atoms with Gasteiger partial charge in [-0.3, -0.25) is 14.5 Å². The lowest BCUT2D eigenvalue weighted by atomic mass is 9.98. The third-order valence-corrected chi connectivity index (χ3v) is 6.06. The fourth-order valence-corrected chi connectivity index (χ4v) is 4.55. The van der Waals surface area contributed by atoms with Gasteiger partial charge in [0, 0.05) is 0 Å². The van der Waals surface area contributed by atoms with Gasteiger partial charge in [0.1, 0.15) is 10.6 Å². The molecule has 0 spiro atoms. The molecule has 0 aliphatic carbocycles. The molecule has 0 saturated carbocycles. The predicted molar refractivity (Wildman–Crippen MR) is 115 cm³/mol. The molecule has 1 aliphatic rings. The molecule has 3 heterocycles. The molecule has 0 N–H and O–H groups in total. The summed E-state index contributed by atoms with van der Waals surface area (Å²) in [6.07, 6.45) is 0. The Labute approximate surface area is 180 Å². The number of carbonyl (C=O) groups excluding carboxylic acids is 1. The van der Waals surface area contributed by atoms with E-state index in [-0.39, 0.29) is 16.8 Å². The number of carbonyl (C=O) groups is 1. The molecule has 156 valence electrons. The summed E-state index contributed by atoms with van der Waals surface area (Å²) < 4.78 is 16.7. The number of ether oxygens (including phenoxy) is 2. The van der Waals surface area contributed by atoms with Crippen LogP contribution in [-0.4, -0.2) is 30.3 Å². The summed E-state index contributed by atoms with van der Waals surface area (Å²) in [5.41, 5.74) is 1.04. The van der Waals surface area contributed by atoms with Gasteiger partial charge in [-0.2, -0.15) is 0 Å². The maximum Gasteiger partial charge on any atom is 0.297 e. The first-order valence-corrected chi connectivity index (χ1v) is 10.3. The monoisotopic (exact) mass is 435 g/mol. The van der Waals surface area contributed by atoms with E-state index in [2.05, 4.69) is 10.2 Å². The average Bonchev–Trinajstić information content (AvgIpc) is 3.34. The van der Waals surface area contributed by atoms with Crippen LogP contribution in [0.15, 0.2) is 51.7 Å². The molecule has 4 aromatic rings. The summed E-state index contributed by atoms with van der Waals surface area (Å²) in [4.78, 5) is 28.4. The molecule has 31 heavy (non-hydrogen) atoms. The molecule has 0 bridgehead atoms. The van der Waals surface area contributed by atoms with Gasteiger partial charge in [0.05, 0.1) is 31.2 Å². The zero-order valence-corrected chi connectivity index (χ0v) is 17.7. The van der Waals surface area contributed by atoms with Crippen LogP contribution in [0.4, 0.5) is 5.13 Å². The first-order valence-electron chi connectivity index (χ1n) is 9.44. The number of hydrogen-bond donors (Lipinski definition) is 0. The summed E-state index contributed by atoms with van der Waals surface area (Å²) in [5, 5.41) is 9.70. The predicted octanol–water partition coefficient (Wildman–Crippen LogP) is 3.72. The van der Waals surface area contributed by atoms with Crippen LogP contribution in [0.1, 0.15) is 32.7 Å². The highest BCUT2D eigenvalue weighted by Gasteiger charge is 2.45. The minimum absolute atomic E-state index is 0.0105. The number of anilines is 1. The van der Waals surface area contributed by atoms with Crippen molar-refractivity contribution in [1.29, 1.82) is 0 Å². The van der Waals surface area contributed by atoms with E-state index in [0.29, 0.717) is 38.2 Å². The van der Waals surface area contributed by atoms with Gasteiger partial charge in [0.15, 0.2) is 16.9 Å². The van der Waals surface area contributed by atoms with Crippen molar-refractivity contribution in [3.05, 3.63) is 74.6 Å². The van der Waals surface area contributed by atoms with Crippen LogP contribution in [0.2, 0.25) is 0 Å². The van der Waals surface area contributed by atoms with E-state index in [1.54, 1.807) is 56.5 Å². The molecular weight excluding hydrogens is 418 g/mol. The van der Waals surface area contributed by atoms with Crippen LogP contribution >= 0.6 is 11.3 Å². The van der Waals surface area contributed by atoms with Crippen LogP contribution in [-0.2, 0) is 0 Å². The molecule has 5 rings (SSSR count). The van der Waals surface area contributed by atoms with Crippen molar-refractivity contribution < 1.29 is 18.7 Å². The van der Waals surface area contributed by atoms with E-state index in [4.69, 9.17) is 13.9 Å². The molecule has 2 aromatic heterocycles. The number of nitrogens with zero attached hydrogens (tertiary/aromatic N) is 3. The Bertz CT molecular complexity index is 1390. The Morgan fingerprint density at radius 2 is 1.81 bits per heavy atom. The van der Waals surface area contributed by atoms with Gasteiger partial charge in [-0.05, 0) is 36.8 Å². The topological polar surface area (TPSA) is 94.8 Å². The van der Waals surface area contributed by atoms with Crippen molar-refractivity contribution in [2.75, 3.05) is 19.1 Å². The van der Waals surface area contributed by atoms with Crippen LogP contribution < -0.4 is 19.8 Å². The standard InChI is InChI=1S/C22H17N3O5S/c1-11-23-24-22(31-11)25-18(12-8-9-15(28-2)16(10-12)29-3)17-19(26)13-6-4-5-7-14(13)30-20(17)21(25)27/h4-10,18H,1-3H3/t18-/m1/s1. The largest absolute Gasteiger partial charge is 0.493 e. The van der Waals surface area contributed by atoms with E-state index < -0.39 is 11.9 Å². The van der Waals surface area contributed by atoms with Gasteiger partial charge in [0.2, 0.25) is 10.9 Å². The van der Waals surface area contributed by atoms with Crippen molar-refractivity contribution in [3.63, 3.8) is 0 Å². The third kappa shape index (κ3) is 2.89. The lowest BCUT2D eigenvalue weighted by Gasteiger charge is -2.23. The van der Waals surface area contributed by atoms with Crippen molar-refractivity contribution in [2.24, 2.45) is 0 Å². The fourth-order valence-electron chi connectivity index (χ4n) is 3.84. The van der Waals surface area contributed by atoms with Crippen molar-refractivity contribution >= 4 is 33.3 Å². The molecular formula is C22H17N3O5S. The van der Waals surface area contributed by atoms with Gasteiger partial charge in [-0.25, -0.2) is 0 Å². The third-order valence-electron chi connectivity index (χ3n) is 5.22. The maximum absolute atomic E-state index is 13.5. The van der Waals surface area contributed by atoms with E-state index in [0.717, 1.165) is 0 Å². The summed E-state index contributed by atoms with van der Waals surface area (Å²) in [6, 6.07) is 11.4. The first kappa shape index (κ1) is 19.3. The molecule has 0 unspecified atom stereocenters. The number of hydrogen-bond acceptors (Lipinski definition) is 8. The number of fused-ring (bicyclic) bond motifs is 2. The van der Waals surface area contributed by atoms with Crippen molar-refractivity contribution in [1.82, 2.24) is 10.2 Å². The van der Waals surface area contributed by atoms with E-state index in [9.17, 15) is 9.59 Å². The normalized spacial score (nSPS) is 15.4. The van der Waals surface area contributed by atoms with Gasteiger partial charge in [0.25, 0.3) is 5.91 Å². The minimum Gasteiger partial charge on any atom is -0.493 e. The molecule has 8 nitrogen and oxygen atoms in total. The molecule has 0 saturated heterocycles.